The Hall–Kier alpha value is -3.05. The number of hydrogen-bond donors (Lipinski definition) is 2. The van der Waals surface area contributed by atoms with E-state index in [4.69, 9.17) is 23.2 Å². The van der Waals surface area contributed by atoms with Crippen LogP contribution in [0.15, 0.2) is 54.7 Å². The lowest BCUT2D eigenvalue weighted by Gasteiger charge is -2.23. The van der Waals surface area contributed by atoms with Gasteiger partial charge in [-0.05, 0) is 42.0 Å². The molecule has 1 unspecified atom stereocenters. The maximum absolute atomic E-state index is 13.6. The number of carbonyl (C=O) groups excluding carboxylic acids is 1. The quantitative estimate of drug-likeness (QED) is 0.303. The molecule has 2 N–H and O–H groups in total. The van der Waals surface area contributed by atoms with Gasteiger partial charge in [0.15, 0.2) is 0 Å². The molecule has 174 valence electrons. The lowest BCUT2D eigenvalue weighted by molar-refractivity contribution is -0.139. The van der Waals surface area contributed by atoms with Crippen LogP contribution in [0, 0.1) is 0 Å². The summed E-state index contributed by atoms with van der Waals surface area (Å²) in [5.74, 6) is 0. The van der Waals surface area contributed by atoms with Crippen molar-refractivity contribution in [1.82, 2.24) is 15.3 Å². The van der Waals surface area contributed by atoms with Gasteiger partial charge in [0.05, 0.1) is 22.9 Å². The van der Waals surface area contributed by atoms with Crippen molar-refractivity contribution in [3.05, 3.63) is 87.4 Å². The molecule has 5 nitrogen and oxygen atoms in total. The molecule has 0 aliphatic heterocycles. The summed E-state index contributed by atoms with van der Waals surface area (Å²) >= 11 is 11.5. The molecule has 1 aromatic carbocycles. The molecular formula is C20H12Cl2F6N4O. The van der Waals surface area contributed by atoms with Crippen LogP contribution < -0.4 is 10.6 Å². The number of benzene rings is 1. The predicted octanol–water partition coefficient (Wildman–Crippen LogP) is 6.73. The standard InChI is InChI=1S/C20H12Cl2F6N4O/c21-14-8-12(9-15(22)31-14)30-18(33)32-16(10-3-5-11(6-4-10)19(23,24)25)17-13(20(26,27)28)2-1-7-29-17/h1-9,16H,(H2,30,31,32,33). The van der Waals surface area contributed by atoms with E-state index in [0.717, 1.165) is 30.5 Å². The van der Waals surface area contributed by atoms with Gasteiger partial charge < -0.3 is 10.6 Å². The second-order valence-electron chi connectivity index (χ2n) is 6.59. The van der Waals surface area contributed by atoms with Gasteiger partial charge in [0.2, 0.25) is 0 Å². The van der Waals surface area contributed by atoms with E-state index in [9.17, 15) is 31.1 Å². The molecule has 0 saturated heterocycles. The minimum atomic E-state index is -4.84. The SMILES string of the molecule is O=C(Nc1cc(Cl)nc(Cl)c1)NC(c1ccc(C(F)(F)F)cc1)c1ncccc1C(F)(F)F. The number of nitrogens with one attached hydrogen (secondary N) is 2. The van der Waals surface area contributed by atoms with Crippen LogP contribution in [-0.4, -0.2) is 16.0 Å². The van der Waals surface area contributed by atoms with E-state index < -0.39 is 41.2 Å². The van der Waals surface area contributed by atoms with E-state index in [-0.39, 0.29) is 21.6 Å². The molecular weight excluding hydrogens is 497 g/mol. The van der Waals surface area contributed by atoms with Gasteiger partial charge in [0.25, 0.3) is 0 Å². The van der Waals surface area contributed by atoms with Crippen LogP contribution in [0.5, 0.6) is 0 Å². The Labute approximate surface area is 192 Å². The van der Waals surface area contributed by atoms with Crippen LogP contribution in [0.2, 0.25) is 10.3 Å². The largest absolute Gasteiger partial charge is 0.418 e. The lowest BCUT2D eigenvalue weighted by Crippen LogP contribution is -2.35. The summed E-state index contributed by atoms with van der Waals surface area (Å²) in [6, 6.07) is 5.06. The smallest absolute Gasteiger partial charge is 0.325 e. The predicted molar refractivity (Wildman–Crippen MR) is 109 cm³/mol. The highest BCUT2D eigenvalue weighted by Gasteiger charge is 2.37. The van der Waals surface area contributed by atoms with Crippen molar-refractivity contribution < 1.29 is 31.1 Å². The first-order chi connectivity index (χ1) is 15.3. The fourth-order valence-corrected chi connectivity index (χ4v) is 3.36. The fourth-order valence-electron chi connectivity index (χ4n) is 2.90. The van der Waals surface area contributed by atoms with E-state index in [0.29, 0.717) is 12.1 Å². The third-order valence-electron chi connectivity index (χ3n) is 4.28. The summed E-state index contributed by atoms with van der Waals surface area (Å²) in [6.45, 7) is 0. The highest BCUT2D eigenvalue weighted by molar-refractivity contribution is 6.32. The number of rotatable bonds is 4. The summed E-state index contributed by atoms with van der Waals surface area (Å²) in [5, 5.41) is 4.54. The van der Waals surface area contributed by atoms with Crippen molar-refractivity contribution in [2.45, 2.75) is 18.4 Å². The molecule has 0 aliphatic carbocycles. The van der Waals surface area contributed by atoms with E-state index in [1.54, 1.807) is 0 Å². The molecule has 0 bridgehead atoms. The number of nitrogens with zero attached hydrogens (tertiary/aromatic N) is 2. The van der Waals surface area contributed by atoms with Gasteiger partial charge in [-0.15, -0.1) is 0 Å². The average molecular weight is 509 g/mol. The molecule has 13 heteroatoms. The topological polar surface area (TPSA) is 66.9 Å². The van der Waals surface area contributed by atoms with Gasteiger partial charge in [-0.3, -0.25) is 4.98 Å². The first kappa shape index (κ1) is 24.6. The summed E-state index contributed by atoms with van der Waals surface area (Å²) in [6.07, 6.45) is -8.41. The van der Waals surface area contributed by atoms with Crippen molar-refractivity contribution in [2.24, 2.45) is 0 Å². The minimum Gasteiger partial charge on any atom is -0.325 e. The number of anilines is 1. The summed E-state index contributed by atoms with van der Waals surface area (Å²) < 4.78 is 79.4. The monoisotopic (exact) mass is 508 g/mol. The highest BCUT2D eigenvalue weighted by atomic mass is 35.5. The zero-order valence-corrected chi connectivity index (χ0v) is 17.6. The number of aromatic nitrogens is 2. The highest BCUT2D eigenvalue weighted by Crippen LogP contribution is 2.36. The fraction of sp³-hybridized carbons (Fsp3) is 0.150. The third-order valence-corrected chi connectivity index (χ3v) is 4.67. The summed E-state index contributed by atoms with van der Waals surface area (Å²) in [4.78, 5) is 20.0. The van der Waals surface area contributed by atoms with Crippen LogP contribution in [0.1, 0.15) is 28.4 Å². The molecule has 3 aromatic rings. The molecule has 33 heavy (non-hydrogen) atoms. The summed E-state index contributed by atoms with van der Waals surface area (Å²) in [7, 11) is 0. The number of carbonyl (C=O) groups is 1. The Morgan fingerprint density at radius 1 is 0.909 bits per heavy atom. The first-order valence-corrected chi connectivity index (χ1v) is 9.70. The van der Waals surface area contributed by atoms with E-state index in [2.05, 4.69) is 20.6 Å². The van der Waals surface area contributed by atoms with Crippen LogP contribution in [0.3, 0.4) is 0 Å². The maximum Gasteiger partial charge on any atom is 0.418 e. The average Bonchev–Trinajstić information content (AvgIpc) is 2.70. The van der Waals surface area contributed by atoms with Gasteiger partial charge in [0.1, 0.15) is 10.3 Å². The molecule has 0 radical (unpaired) electrons. The Morgan fingerprint density at radius 2 is 1.52 bits per heavy atom. The molecule has 0 spiro atoms. The first-order valence-electron chi connectivity index (χ1n) is 8.94. The molecule has 2 aromatic heterocycles. The second kappa shape index (κ2) is 9.44. The number of amides is 2. The molecule has 0 saturated carbocycles. The van der Waals surface area contributed by atoms with E-state index in [1.165, 1.54) is 12.1 Å². The summed E-state index contributed by atoms with van der Waals surface area (Å²) in [5.41, 5.74) is -2.75. The minimum absolute atomic E-state index is 0.0545. The molecule has 2 heterocycles. The Kier molecular flexibility index (Phi) is 7.03. The number of urea groups is 1. The van der Waals surface area contributed by atoms with Crippen LogP contribution >= 0.6 is 23.2 Å². The molecule has 0 fully saturated rings. The normalized spacial score (nSPS) is 12.8. The molecule has 3 rings (SSSR count). The maximum atomic E-state index is 13.6. The Bertz CT molecular complexity index is 1130. The zero-order valence-electron chi connectivity index (χ0n) is 16.1. The van der Waals surface area contributed by atoms with Gasteiger partial charge in [0, 0.05) is 11.9 Å². The van der Waals surface area contributed by atoms with Crippen molar-refractivity contribution >= 4 is 34.9 Å². The molecule has 1 atom stereocenters. The van der Waals surface area contributed by atoms with Gasteiger partial charge in [-0.25, -0.2) is 9.78 Å². The van der Waals surface area contributed by atoms with Gasteiger partial charge in [-0.2, -0.15) is 26.3 Å². The van der Waals surface area contributed by atoms with Crippen LogP contribution in [0.25, 0.3) is 0 Å². The number of alkyl halides is 6. The van der Waals surface area contributed by atoms with Crippen molar-refractivity contribution in [3.63, 3.8) is 0 Å². The van der Waals surface area contributed by atoms with Crippen molar-refractivity contribution in [3.8, 4) is 0 Å². The second-order valence-corrected chi connectivity index (χ2v) is 7.36. The molecule has 0 aliphatic rings. The number of pyridine rings is 2. The van der Waals surface area contributed by atoms with Crippen LogP contribution in [0.4, 0.5) is 36.8 Å². The number of hydrogen-bond acceptors (Lipinski definition) is 3. The number of halogens is 8. The Balaban J connectivity index is 2.00. The van der Waals surface area contributed by atoms with E-state index in [1.807, 2.05) is 0 Å². The van der Waals surface area contributed by atoms with Gasteiger partial charge in [-0.1, -0.05) is 35.3 Å². The Morgan fingerprint density at radius 3 is 2.06 bits per heavy atom. The van der Waals surface area contributed by atoms with E-state index >= 15 is 0 Å². The lowest BCUT2D eigenvalue weighted by atomic mass is 9.98. The zero-order chi connectivity index (χ0) is 24.4. The van der Waals surface area contributed by atoms with Crippen LogP contribution in [-0.2, 0) is 12.4 Å². The molecule has 2 amide bonds. The van der Waals surface area contributed by atoms with Crippen molar-refractivity contribution in [2.75, 3.05) is 5.32 Å². The third kappa shape index (κ3) is 6.26. The van der Waals surface area contributed by atoms with Crippen molar-refractivity contribution in [1.29, 1.82) is 0 Å². The van der Waals surface area contributed by atoms with Gasteiger partial charge >= 0.3 is 18.4 Å².